The SMILES string of the molecule is CC(C)(C)c1nc(-c2ccncc2)sc1CCC(=O)O. The number of aromatic nitrogens is 2. The summed E-state index contributed by atoms with van der Waals surface area (Å²) in [6.07, 6.45) is 4.15. The molecule has 0 aliphatic carbocycles. The summed E-state index contributed by atoms with van der Waals surface area (Å²) in [5.41, 5.74) is 1.93. The van der Waals surface area contributed by atoms with E-state index < -0.39 is 5.97 Å². The highest BCUT2D eigenvalue weighted by atomic mass is 32.1. The topological polar surface area (TPSA) is 63.1 Å². The molecule has 1 N–H and O–H groups in total. The molecule has 0 amide bonds. The Kier molecular flexibility index (Phi) is 4.18. The second-order valence-corrected chi connectivity index (χ2v) is 6.75. The zero-order valence-corrected chi connectivity index (χ0v) is 12.7. The van der Waals surface area contributed by atoms with E-state index in [0.29, 0.717) is 6.42 Å². The fourth-order valence-electron chi connectivity index (χ4n) is 1.95. The number of hydrogen-bond acceptors (Lipinski definition) is 4. The normalized spacial score (nSPS) is 11.6. The van der Waals surface area contributed by atoms with E-state index in [0.717, 1.165) is 21.1 Å². The van der Waals surface area contributed by atoms with Crippen molar-refractivity contribution in [3.05, 3.63) is 35.1 Å². The lowest BCUT2D eigenvalue weighted by atomic mass is 9.90. The van der Waals surface area contributed by atoms with Gasteiger partial charge in [-0.25, -0.2) is 4.98 Å². The molecular formula is C15H18N2O2S. The minimum absolute atomic E-state index is 0.0877. The van der Waals surface area contributed by atoms with Crippen LogP contribution in [0.1, 0.15) is 37.8 Å². The van der Waals surface area contributed by atoms with Crippen LogP contribution < -0.4 is 0 Å². The lowest BCUT2D eigenvalue weighted by Crippen LogP contribution is -2.14. The van der Waals surface area contributed by atoms with Crippen LogP contribution in [0.3, 0.4) is 0 Å². The van der Waals surface area contributed by atoms with Crippen molar-refractivity contribution < 1.29 is 9.90 Å². The largest absolute Gasteiger partial charge is 0.481 e. The smallest absolute Gasteiger partial charge is 0.303 e. The second kappa shape index (κ2) is 5.71. The summed E-state index contributed by atoms with van der Waals surface area (Å²) in [6, 6.07) is 3.85. The number of hydrogen-bond donors (Lipinski definition) is 1. The van der Waals surface area contributed by atoms with Crippen molar-refractivity contribution in [3.8, 4) is 10.6 Å². The third kappa shape index (κ3) is 3.42. The number of rotatable bonds is 4. The lowest BCUT2D eigenvalue weighted by Gasteiger charge is -2.17. The Hall–Kier alpha value is -1.75. The summed E-state index contributed by atoms with van der Waals surface area (Å²) in [7, 11) is 0. The van der Waals surface area contributed by atoms with E-state index in [1.165, 1.54) is 0 Å². The number of thiazole rings is 1. The van der Waals surface area contributed by atoms with Gasteiger partial charge < -0.3 is 5.11 Å². The minimum atomic E-state index is -0.774. The first-order valence-corrected chi connectivity index (χ1v) is 7.32. The van der Waals surface area contributed by atoms with Crippen LogP contribution in [0.4, 0.5) is 0 Å². The maximum Gasteiger partial charge on any atom is 0.303 e. The molecule has 0 bridgehead atoms. The third-order valence-corrected chi connectivity index (χ3v) is 4.07. The summed E-state index contributed by atoms with van der Waals surface area (Å²) in [5.74, 6) is -0.774. The minimum Gasteiger partial charge on any atom is -0.481 e. The average Bonchev–Trinajstić information content (AvgIpc) is 2.81. The van der Waals surface area contributed by atoms with E-state index in [4.69, 9.17) is 10.1 Å². The van der Waals surface area contributed by atoms with Gasteiger partial charge in [0.25, 0.3) is 0 Å². The van der Waals surface area contributed by atoms with Crippen LogP contribution in [0.15, 0.2) is 24.5 Å². The molecule has 0 atom stereocenters. The second-order valence-electron chi connectivity index (χ2n) is 5.67. The number of pyridine rings is 1. The van der Waals surface area contributed by atoms with Gasteiger partial charge in [-0.2, -0.15) is 0 Å². The number of aryl methyl sites for hydroxylation is 1. The quantitative estimate of drug-likeness (QED) is 0.935. The average molecular weight is 290 g/mol. The fourth-order valence-corrected chi connectivity index (χ4v) is 3.22. The maximum atomic E-state index is 10.8. The molecule has 0 spiro atoms. The van der Waals surface area contributed by atoms with Gasteiger partial charge in [-0.15, -0.1) is 11.3 Å². The molecule has 2 heterocycles. The third-order valence-electron chi connectivity index (χ3n) is 2.90. The molecule has 0 aliphatic rings. The van der Waals surface area contributed by atoms with Crippen molar-refractivity contribution in [1.29, 1.82) is 0 Å². The van der Waals surface area contributed by atoms with Crippen LogP contribution in [0.25, 0.3) is 10.6 Å². The number of carbonyl (C=O) groups is 1. The Labute approximate surface area is 122 Å². The Balaban J connectivity index is 2.39. The summed E-state index contributed by atoms with van der Waals surface area (Å²) < 4.78 is 0. The molecule has 0 aromatic carbocycles. The summed E-state index contributed by atoms with van der Waals surface area (Å²) >= 11 is 1.58. The molecule has 2 aromatic heterocycles. The number of aliphatic carboxylic acids is 1. The molecule has 0 saturated heterocycles. The molecule has 0 unspecified atom stereocenters. The first-order valence-electron chi connectivity index (χ1n) is 6.50. The van der Waals surface area contributed by atoms with Crippen LogP contribution in [0.2, 0.25) is 0 Å². The summed E-state index contributed by atoms with van der Waals surface area (Å²) in [6.45, 7) is 6.30. The fraction of sp³-hybridized carbons (Fsp3) is 0.400. The molecule has 4 nitrogen and oxygen atoms in total. The molecule has 0 aliphatic heterocycles. The molecule has 106 valence electrons. The number of carboxylic acids is 1. The van der Waals surface area contributed by atoms with E-state index >= 15 is 0 Å². The Morgan fingerprint density at radius 1 is 1.30 bits per heavy atom. The van der Waals surface area contributed by atoms with Gasteiger partial charge in [0.05, 0.1) is 12.1 Å². The number of nitrogens with zero attached hydrogens (tertiary/aromatic N) is 2. The van der Waals surface area contributed by atoms with E-state index in [1.54, 1.807) is 23.7 Å². The molecule has 0 saturated carbocycles. The predicted molar refractivity (Wildman–Crippen MR) is 80.0 cm³/mol. The standard InChI is InChI=1S/C15H18N2O2S/c1-15(2,3)13-11(4-5-12(18)19)20-14(17-13)10-6-8-16-9-7-10/h6-9H,4-5H2,1-3H3,(H,18,19). The molecule has 0 radical (unpaired) electrons. The van der Waals surface area contributed by atoms with Gasteiger partial charge in [0, 0.05) is 28.2 Å². The van der Waals surface area contributed by atoms with E-state index in [1.807, 2.05) is 12.1 Å². The van der Waals surface area contributed by atoms with Crippen molar-refractivity contribution >= 4 is 17.3 Å². The van der Waals surface area contributed by atoms with Gasteiger partial charge in [0.15, 0.2) is 0 Å². The summed E-state index contributed by atoms with van der Waals surface area (Å²) in [4.78, 5) is 20.6. The van der Waals surface area contributed by atoms with Crippen LogP contribution >= 0.6 is 11.3 Å². The highest BCUT2D eigenvalue weighted by molar-refractivity contribution is 7.15. The van der Waals surface area contributed by atoms with Crippen LogP contribution in [0, 0.1) is 0 Å². The van der Waals surface area contributed by atoms with Crippen molar-refractivity contribution in [2.45, 2.75) is 39.0 Å². The van der Waals surface area contributed by atoms with Crippen LogP contribution in [0.5, 0.6) is 0 Å². The van der Waals surface area contributed by atoms with E-state index in [-0.39, 0.29) is 11.8 Å². The summed E-state index contributed by atoms with van der Waals surface area (Å²) in [5, 5.41) is 9.80. The van der Waals surface area contributed by atoms with Gasteiger partial charge in [0.1, 0.15) is 5.01 Å². The molecular weight excluding hydrogens is 272 g/mol. The van der Waals surface area contributed by atoms with Gasteiger partial charge in [0.2, 0.25) is 0 Å². The molecule has 5 heteroatoms. The first kappa shape index (κ1) is 14.7. The maximum absolute atomic E-state index is 10.8. The van der Waals surface area contributed by atoms with Crippen molar-refractivity contribution in [1.82, 2.24) is 9.97 Å². The van der Waals surface area contributed by atoms with Gasteiger partial charge in [-0.05, 0) is 18.6 Å². The van der Waals surface area contributed by atoms with Gasteiger partial charge >= 0.3 is 5.97 Å². The van der Waals surface area contributed by atoms with Gasteiger partial charge in [-0.1, -0.05) is 20.8 Å². The lowest BCUT2D eigenvalue weighted by molar-refractivity contribution is -0.136. The zero-order chi connectivity index (χ0) is 14.8. The number of carboxylic acid groups (broad SMARTS) is 1. The van der Waals surface area contributed by atoms with E-state index in [2.05, 4.69) is 25.8 Å². The highest BCUT2D eigenvalue weighted by Crippen LogP contribution is 2.34. The Morgan fingerprint density at radius 3 is 2.50 bits per heavy atom. The predicted octanol–water partition coefficient (Wildman–Crippen LogP) is 3.52. The van der Waals surface area contributed by atoms with Crippen molar-refractivity contribution in [2.75, 3.05) is 0 Å². The highest BCUT2D eigenvalue weighted by Gasteiger charge is 2.23. The first-order chi connectivity index (χ1) is 9.38. The van der Waals surface area contributed by atoms with Crippen LogP contribution in [-0.2, 0) is 16.6 Å². The monoisotopic (exact) mass is 290 g/mol. The van der Waals surface area contributed by atoms with Gasteiger partial charge in [-0.3, -0.25) is 9.78 Å². The molecule has 2 aromatic rings. The Bertz CT molecular complexity index is 600. The molecule has 2 rings (SSSR count). The van der Waals surface area contributed by atoms with Crippen molar-refractivity contribution in [3.63, 3.8) is 0 Å². The zero-order valence-electron chi connectivity index (χ0n) is 11.9. The molecule has 20 heavy (non-hydrogen) atoms. The van der Waals surface area contributed by atoms with E-state index in [9.17, 15) is 4.79 Å². The molecule has 0 fully saturated rings. The van der Waals surface area contributed by atoms with Crippen molar-refractivity contribution in [2.24, 2.45) is 0 Å². The Morgan fingerprint density at radius 2 is 1.95 bits per heavy atom. The van der Waals surface area contributed by atoms with Crippen LogP contribution in [-0.4, -0.2) is 21.0 Å².